The van der Waals surface area contributed by atoms with Gasteiger partial charge < -0.3 is 9.84 Å². The Morgan fingerprint density at radius 1 is 1.37 bits per heavy atom. The molecular formula is C16H25NO2. The normalized spacial score (nSPS) is 24.1. The van der Waals surface area contributed by atoms with Gasteiger partial charge >= 0.3 is 0 Å². The van der Waals surface area contributed by atoms with Gasteiger partial charge in [-0.3, -0.25) is 4.90 Å². The molecule has 0 radical (unpaired) electrons. The van der Waals surface area contributed by atoms with Gasteiger partial charge in [0.2, 0.25) is 0 Å². The second-order valence-electron chi connectivity index (χ2n) is 5.55. The molecule has 0 spiro atoms. The fraction of sp³-hybridized carbons (Fsp3) is 0.625. The summed E-state index contributed by atoms with van der Waals surface area (Å²) in [4.78, 5) is 2.39. The van der Waals surface area contributed by atoms with Crippen molar-refractivity contribution in [2.24, 2.45) is 5.92 Å². The van der Waals surface area contributed by atoms with Gasteiger partial charge in [0.05, 0.1) is 12.7 Å². The van der Waals surface area contributed by atoms with Gasteiger partial charge in [-0.2, -0.15) is 0 Å². The maximum Gasteiger partial charge on any atom is 0.0942 e. The molecule has 3 heteroatoms. The first-order valence-electron chi connectivity index (χ1n) is 7.18. The molecular weight excluding hydrogens is 238 g/mol. The average molecular weight is 263 g/mol. The topological polar surface area (TPSA) is 32.7 Å². The van der Waals surface area contributed by atoms with Crippen LogP contribution in [0.5, 0.6) is 0 Å². The highest BCUT2D eigenvalue weighted by Crippen LogP contribution is 2.25. The monoisotopic (exact) mass is 263 g/mol. The van der Waals surface area contributed by atoms with E-state index in [0.29, 0.717) is 5.92 Å². The van der Waals surface area contributed by atoms with Crippen LogP contribution in [0.15, 0.2) is 30.3 Å². The van der Waals surface area contributed by atoms with E-state index in [1.807, 2.05) is 30.3 Å². The third-order valence-corrected chi connectivity index (χ3v) is 4.13. The Bertz CT molecular complexity index is 366. The van der Waals surface area contributed by atoms with E-state index in [-0.39, 0.29) is 6.04 Å². The fourth-order valence-corrected chi connectivity index (χ4v) is 2.97. The van der Waals surface area contributed by atoms with Crippen LogP contribution in [0.2, 0.25) is 0 Å². The lowest BCUT2D eigenvalue weighted by molar-refractivity contribution is 0.0168. The molecule has 106 valence electrons. The summed E-state index contributed by atoms with van der Waals surface area (Å²) in [5.41, 5.74) is 1.00. The van der Waals surface area contributed by atoms with Crippen molar-refractivity contribution in [1.29, 1.82) is 0 Å². The lowest BCUT2D eigenvalue weighted by Gasteiger charge is -2.38. The second-order valence-corrected chi connectivity index (χ2v) is 5.55. The summed E-state index contributed by atoms with van der Waals surface area (Å²) in [6, 6.07) is 10.1. The summed E-state index contributed by atoms with van der Waals surface area (Å²) >= 11 is 0. The van der Waals surface area contributed by atoms with Crippen molar-refractivity contribution in [2.45, 2.75) is 31.9 Å². The Labute approximate surface area is 116 Å². The van der Waals surface area contributed by atoms with Crippen LogP contribution in [0.25, 0.3) is 0 Å². The summed E-state index contributed by atoms with van der Waals surface area (Å²) in [5.74, 6) is 0.601. The number of methoxy groups -OCH3 is 1. The third kappa shape index (κ3) is 3.78. The summed E-state index contributed by atoms with van der Waals surface area (Å²) in [6.45, 7) is 5.04. The highest BCUT2D eigenvalue weighted by molar-refractivity contribution is 5.18. The maximum atomic E-state index is 10.5. The zero-order valence-corrected chi connectivity index (χ0v) is 12.0. The van der Waals surface area contributed by atoms with E-state index in [1.54, 1.807) is 7.11 Å². The number of likely N-dealkylation sites (tertiary alicyclic amines) is 1. The molecule has 1 aromatic carbocycles. The van der Waals surface area contributed by atoms with Gasteiger partial charge in [-0.15, -0.1) is 0 Å². The number of hydrogen-bond acceptors (Lipinski definition) is 3. The molecule has 0 bridgehead atoms. The molecule has 3 unspecified atom stereocenters. The molecule has 0 aliphatic carbocycles. The van der Waals surface area contributed by atoms with E-state index in [0.717, 1.165) is 25.3 Å². The van der Waals surface area contributed by atoms with Crippen LogP contribution >= 0.6 is 0 Å². The molecule has 0 aromatic heterocycles. The van der Waals surface area contributed by atoms with Crippen LogP contribution < -0.4 is 0 Å². The Balaban J connectivity index is 1.96. The van der Waals surface area contributed by atoms with Gasteiger partial charge in [0, 0.05) is 19.7 Å². The molecule has 3 nitrogen and oxygen atoms in total. The molecule has 1 aromatic rings. The first kappa shape index (κ1) is 14.5. The van der Waals surface area contributed by atoms with Gasteiger partial charge in [0.15, 0.2) is 0 Å². The number of aliphatic hydroxyl groups is 1. The van der Waals surface area contributed by atoms with Gasteiger partial charge in [-0.1, -0.05) is 30.3 Å². The number of hydrogen-bond donors (Lipinski definition) is 1. The smallest absolute Gasteiger partial charge is 0.0942 e. The number of ether oxygens (including phenoxy) is 1. The minimum absolute atomic E-state index is 0.155. The van der Waals surface area contributed by atoms with Crippen LogP contribution in [-0.4, -0.2) is 42.9 Å². The Kier molecular flexibility index (Phi) is 5.37. The van der Waals surface area contributed by atoms with Crippen molar-refractivity contribution in [3.63, 3.8) is 0 Å². The summed E-state index contributed by atoms with van der Waals surface area (Å²) in [5, 5.41) is 10.5. The molecule has 19 heavy (non-hydrogen) atoms. The quantitative estimate of drug-likeness (QED) is 0.886. The van der Waals surface area contributed by atoms with Crippen LogP contribution in [0, 0.1) is 5.92 Å². The van der Waals surface area contributed by atoms with Crippen LogP contribution in [-0.2, 0) is 4.74 Å². The standard InChI is InChI=1S/C16H25NO2/c1-13(16(18)15-8-4-3-5-9-15)17-10-6-7-14(11-17)12-19-2/h3-5,8-9,13-14,16,18H,6-7,10-12H2,1-2H3. The number of piperidine rings is 1. The summed E-state index contributed by atoms with van der Waals surface area (Å²) in [7, 11) is 1.77. The van der Waals surface area contributed by atoms with E-state index >= 15 is 0 Å². The lowest BCUT2D eigenvalue weighted by Crippen LogP contribution is -2.45. The molecule has 0 saturated carbocycles. The molecule has 3 atom stereocenters. The van der Waals surface area contributed by atoms with Crippen LogP contribution in [0.4, 0.5) is 0 Å². The van der Waals surface area contributed by atoms with E-state index in [4.69, 9.17) is 4.74 Å². The van der Waals surface area contributed by atoms with Crippen molar-refractivity contribution < 1.29 is 9.84 Å². The van der Waals surface area contributed by atoms with Gasteiger partial charge in [0.1, 0.15) is 0 Å². The number of nitrogens with zero attached hydrogens (tertiary/aromatic N) is 1. The first-order valence-corrected chi connectivity index (χ1v) is 7.18. The Morgan fingerprint density at radius 3 is 2.79 bits per heavy atom. The highest BCUT2D eigenvalue weighted by Gasteiger charge is 2.28. The number of rotatable bonds is 5. The molecule has 1 saturated heterocycles. The van der Waals surface area contributed by atoms with E-state index in [2.05, 4.69) is 11.8 Å². The van der Waals surface area contributed by atoms with E-state index in [9.17, 15) is 5.11 Å². The highest BCUT2D eigenvalue weighted by atomic mass is 16.5. The first-order chi connectivity index (χ1) is 9.22. The minimum atomic E-state index is -0.414. The Morgan fingerprint density at radius 2 is 2.11 bits per heavy atom. The maximum absolute atomic E-state index is 10.5. The minimum Gasteiger partial charge on any atom is -0.387 e. The molecule has 1 N–H and O–H groups in total. The van der Waals surface area contributed by atoms with Crippen molar-refractivity contribution >= 4 is 0 Å². The lowest BCUT2D eigenvalue weighted by atomic mass is 9.95. The van der Waals surface area contributed by atoms with E-state index in [1.165, 1.54) is 12.8 Å². The fourth-order valence-electron chi connectivity index (χ4n) is 2.97. The van der Waals surface area contributed by atoms with Crippen molar-refractivity contribution in [3.05, 3.63) is 35.9 Å². The van der Waals surface area contributed by atoms with Gasteiger partial charge in [-0.25, -0.2) is 0 Å². The van der Waals surface area contributed by atoms with Crippen molar-refractivity contribution in [2.75, 3.05) is 26.8 Å². The number of aliphatic hydroxyl groups excluding tert-OH is 1. The number of benzene rings is 1. The zero-order valence-electron chi connectivity index (χ0n) is 12.0. The second kappa shape index (κ2) is 7.04. The zero-order chi connectivity index (χ0) is 13.7. The molecule has 1 fully saturated rings. The molecule has 1 aliphatic heterocycles. The molecule has 0 amide bonds. The predicted molar refractivity (Wildman–Crippen MR) is 77.0 cm³/mol. The van der Waals surface area contributed by atoms with Crippen molar-refractivity contribution in [3.8, 4) is 0 Å². The SMILES string of the molecule is COCC1CCCN(C(C)C(O)c2ccccc2)C1. The average Bonchev–Trinajstić information content (AvgIpc) is 2.47. The predicted octanol–water partition coefficient (Wildman–Crippen LogP) is 2.47. The molecule has 1 heterocycles. The summed E-state index contributed by atoms with van der Waals surface area (Å²) in [6.07, 6.45) is 2.01. The van der Waals surface area contributed by atoms with Crippen LogP contribution in [0.1, 0.15) is 31.4 Å². The Hall–Kier alpha value is -0.900. The third-order valence-electron chi connectivity index (χ3n) is 4.13. The molecule has 1 aliphatic rings. The molecule has 2 rings (SSSR count). The van der Waals surface area contributed by atoms with Gasteiger partial charge in [-0.05, 0) is 37.8 Å². The van der Waals surface area contributed by atoms with Gasteiger partial charge in [0.25, 0.3) is 0 Å². The largest absolute Gasteiger partial charge is 0.387 e. The van der Waals surface area contributed by atoms with Crippen LogP contribution in [0.3, 0.4) is 0 Å². The summed E-state index contributed by atoms with van der Waals surface area (Å²) < 4.78 is 5.27. The van der Waals surface area contributed by atoms with E-state index < -0.39 is 6.10 Å². The van der Waals surface area contributed by atoms with Crippen molar-refractivity contribution in [1.82, 2.24) is 4.90 Å².